The Bertz CT molecular complexity index is 545. The zero-order chi connectivity index (χ0) is 12.4. The molecule has 0 aliphatic heterocycles. The first-order chi connectivity index (χ1) is 8.13. The number of aliphatic hydroxyl groups excluding tert-OH is 1. The monoisotopic (exact) mass is 233 g/mol. The summed E-state index contributed by atoms with van der Waals surface area (Å²) in [4.78, 5) is 14.5. The Morgan fingerprint density at radius 3 is 3.00 bits per heavy atom. The zero-order valence-electron chi connectivity index (χ0n) is 9.86. The molecule has 0 amide bonds. The SMILES string of the molecule is CCOC(=O)C(O)c1c[nH]c2ccc(C)cc12. The third-order valence-electron chi connectivity index (χ3n) is 2.67. The Kier molecular flexibility index (Phi) is 3.15. The maximum Gasteiger partial charge on any atom is 0.339 e. The van der Waals surface area contributed by atoms with Gasteiger partial charge in [0.15, 0.2) is 6.10 Å². The Hall–Kier alpha value is -1.81. The van der Waals surface area contributed by atoms with E-state index >= 15 is 0 Å². The molecule has 1 atom stereocenters. The fraction of sp³-hybridized carbons (Fsp3) is 0.308. The van der Waals surface area contributed by atoms with Crippen LogP contribution in [0.3, 0.4) is 0 Å². The zero-order valence-corrected chi connectivity index (χ0v) is 9.86. The highest BCUT2D eigenvalue weighted by Gasteiger charge is 2.21. The molecule has 0 spiro atoms. The summed E-state index contributed by atoms with van der Waals surface area (Å²) in [7, 11) is 0. The van der Waals surface area contributed by atoms with Crippen molar-refractivity contribution in [2.24, 2.45) is 0 Å². The van der Waals surface area contributed by atoms with Crippen LogP contribution in [0, 0.1) is 6.92 Å². The summed E-state index contributed by atoms with van der Waals surface area (Å²) in [6.45, 7) is 3.94. The molecule has 0 fully saturated rings. The van der Waals surface area contributed by atoms with Gasteiger partial charge < -0.3 is 14.8 Å². The number of rotatable bonds is 3. The molecule has 1 aromatic carbocycles. The number of carbonyl (C=O) groups is 1. The summed E-state index contributed by atoms with van der Waals surface area (Å²) in [5.74, 6) is -0.616. The van der Waals surface area contributed by atoms with Crippen molar-refractivity contribution in [2.75, 3.05) is 6.61 Å². The van der Waals surface area contributed by atoms with E-state index in [-0.39, 0.29) is 6.61 Å². The van der Waals surface area contributed by atoms with E-state index < -0.39 is 12.1 Å². The van der Waals surface area contributed by atoms with E-state index in [0.717, 1.165) is 16.5 Å². The minimum atomic E-state index is -1.23. The number of aliphatic hydroxyl groups is 1. The van der Waals surface area contributed by atoms with E-state index in [4.69, 9.17) is 4.74 Å². The average molecular weight is 233 g/mol. The van der Waals surface area contributed by atoms with Gasteiger partial charge in [0.2, 0.25) is 0 Å². The molecule has 0 aliphatic rings. The quantitative estimate of drug-likeness (QED) is 0.798. The number of nitrogens with one attached hydrogen (secondary N) is 1. The molecule has 2 aromatic rings. The number of fused-ring (bicyclic) bond motifs is 1. The maximum atomic E-state index is 11.5. The first-order valence-electron chi connectivity index (χ1n) is 5.55. The number of esters is 1. The van der Waals surface area contributed by atoms with Crippen molar-refractivity contribution in [1.29, 1.82) is 0 Å². The molecule has 0 aliphatic carbocycles. The van der Waals surface area contributed by atoms with Gasteiger partial charge in [0.05, 0.1) is 6.61 Å². The van der Waals surface area contributed by atoms with Gasteiger partial charge in [0.1, 0.15) is 0 Å². The predicted octanol–water partition coefficient (Wildman–Crippen LogP) is 2.07. The summed E-state index contributed by atoms with van der Waals surface area (Å²) in [5, 5.41) is 10.8. The molecule has 1 heterocycles. The van der Waals surface area contributed by atoms with E-state index in [1.165, 1.54) is 0 Å². The van der Waals surface area contributed by atoms with Crippen molar-refractivity contribution in [2.45, 2.75) is 20.0 Å². The van der Waals surface area contributed by atoms with Crippen LogP contribution in [0.25, 0.3) is 10.9 Å². The topological polar surface area (TPSA) is 62.3 Å². The Morgan fingerprint density at radius 1 is 1.53 bits per heavy atom. The molecule has 2 N–H and O–H groups in total. The van der Waals surface area contributed by atoms with E-state index in [0.29, 0.717) is 5.56 Å². The smallest absolute Gasteiger partial charge is 0.339 e. The van der Waals surface area contributed by atoms with Gasteiger partial charge in [-0.05, 0) is 26.0 Å². The fourth-order valence-electron chi connectivity index (χ4n) is 1.83. The minimum Gasteiger partial charge on any atom is -0.464 e. The van der Waals surface area contributed by atoms with Crippen LogP contribution in [-0.4, -0.2) is 22.7 Å². The summed E-state index contributed by atoms with van der Waals surface area (Å²) < 4.78 is 4.80. The van der Waals surface area contributed by atoms with Gasteiger partial charge in [0.25, 0.3) is 0 Å². The third-order valence-corrected chi connectivity index (χ3v) is 2.67. The molecular weight excluding hydrogens is 218 g/mol. The van der Waals surface area contributed by atoms with Crippen LogP contribution >= 0.6 is 0 Å². The number of hydrogen-bond donors (Lipinski definition) is 2. The Balaban J connectivity index is 2.41. The van der Waals surface area contributed by atoms with Crippen LogP contribution in [0.15, 0.2) is 24.4 Å². The van der Waals surface area contributed by atoms with E-state index in [2.05, 4.69) is 4.98 Å². The molecular formula is C13H15NO3. The van der Waals surface area contributed by atoms with E-state index in [9.17, 15) is 9.90 Å². The highest BCUT2D eigenvalue weighted by atomic mass is 16.5. The molecule has 0 radical (unpaired) electrons. The number of H-pyrrole nitrogens is 1. The lowest BCUT2D eigenvalue weighted by molar-refractivity contribution is -0.153. The van der Waals surface area contributed by atoms with Gasteiger partial charge in [0, 0.05) is 22.7 Å². The molecule has 1 unspecified atom stereocenters. The fourth-order valence-corrected chi connectivity index (χ4v) is 1.83. The molecule has 90 valence electrons. The number of carbonyl (C=O) groups excluding carboxylic acids is 1. The van der Waals surface area contributed by atoms with Gasteiger partial charge in [-0.25, -0.2) is 4.79 Å². The van der Waals surface area contributed by atoms with Crippen LogP contribution < -0.4 is 0 Å². The highest BCUT2D eigenvalue weighted by Crippen LogP contribution is 2.25. The predicted molar refractivity (Wildman–Crippen MR) is 64.6 cm³/mol. The van der Waals surface area contributed by atoms with Crippen molar-refractivity contribution < 1.29 is 14.6 Å². The lowest BCUT2D eigenvalue weighted by Gasteiger charge is -2.08. The second kappa shape index (κ2) is 4.59. The van der Waals surface area contributed by atoms with Crippen molar-refractivity contribution >= 4 is 16.9 Å². The number of benzene rings is 1. The Morgan fingerprint density at radius 2 is 2.29 bits per heavy atom. The number of ether oxygens (including phenoxy) is 1. The maximum absolute atomic E-state index is 11.5. The van der Waals surface area contributed by atoms with E-state index in [1.54, 1.807) is 13.1 Å². The van der Waals surface area contributed by atoms with Gasteiger partial charge in [-0.15, -0.1) is 0 Å². The number of hydrogen-bond acceptors (Lipinski definition) is 3. The van der Waals surface area contributed by atoms with Crippen molar-refractivity contribution in [3.63, 3.8) is 0 Å². The lowest BCUT2D eigenvalue weighted by Crippen LogP contribution is -2.14. The molecule has 0 saturated carbocycles. The lowest BCUT2D eigenvalue weighted by atomic mass is 10.1. The second-order valence-corrected chi connectivity index (χ2v) is 3.95. The van der Waals surface area contributed by atoms with Crippen LogP contribution in [0.2, 0.25) is 0 Å². The second-order valence-electron chi connectivity index (χ2n) is 3.95. The standard InChI is InChI=1S/C13H15NO3/c1-3-17-13(16)12(15)10-7-14-11-5-4-8(2)6-9(10)11/h4-7,12,14-15H,3H2,1-2H3. The first-order valence-corrected chi connectivity index (χ1v) is 5.55. The van der Waals surface area contributed by atoms with Crippen LogP contribution in [0.4, 0.5) is 0 Å². The molecule has 0 bridgehead atoms. The molecule has 0 saturated heterocycles. The molecule has 1 aromatic heterocycles. The largest absolute Gasteiger partial charge is 0.464 e. The number of aromatic nitrogens is 1. The van der Waals surface area contributed by atoms with E-state index in [1.807, 2.05) is 25.1 Å². The van der Waals surface area contributed by atoms with Gasteiger partial charge in [-0.1, -0.05) is 11.6 Å². The van der Waals surface area contributed by atoms with Crippen molar-refractivity contribution in [1.82, 2.24) is 4.98 Å². The van der Waals surface area contributed by atoms with Crippen molar-refractivity contribution in [3.8, 4) is 0 Å². The Labute approximate surface area is 99.2 Å². The van der Waals surface area contributed by atoms with Crippen LogP contribution in [0.5, 0.6) is 0 Å². The number of aryl methyl sites for hydroxylation is 1. The minimum absolute atomic E-state index is 0.261. The molecule has 2 rings (SSSR count). The number of aromatic amines is 1. The summed E-state index contributed by atoms with van der Waals surface area (Å²) in [6.07, 6.45) is 0.414. The van der Waals surface area contributed by atoms with Crippen molar-refractivity contribution in [3.05, 3.63) is 35.5 Å². The van der Waals surface area contributed by atoms with Gasteiger partial charge in [-0.2, -0.15) is 0 Å². The van der Waals surface area contributed by atoms with Gasteiger partial charge in [-0.3, -0.25) is 0 Å². The normalized spacial score (nSPS) is 12.6. The summed E-state index contributed by atoms with van der Waals surface area (Å²) in [6, 6.07) is 5.83. The molecule has 4 nitrogen and oxygen atoms in total. The van der Waals surface area contributed by atoms with Gasteiger partial charge >= 0.3 is 5.97 Å². The summed E-state index contributed by atoms with van der Waals surface area (Å²) in [5.41, 5.74) is 2.53. The third kappa shape index (κ3) is 2.17. The molecule has 17 heavy (non-hydrogen) atoms. The summed E-state index contributed by atoms with van der Waals surface area (Å²) >= 11 is 0. The first kappa shape index (κ1) is 11.7. The highest BCUT2D eigenvalue weighted by molar-refractivity contribution is 5.89. The average Bonchev–Trinajstić information content (AvgIpc) is 2.71. The molecule has 4 heteroatoms. The van der Waals surface area contributed by atoms with Crippen LogP contribution in [-0.2, 0) is 9.53 Å². The van der Waals surface area contributed by atoms with Crippen LogP contribution in [0.1, 0.15) is 24.2 Å².